The fourth-order valence-electron chi connectivity index (χ4n) is 1.17. The fourth-order valence-corrected chi connectivity index (χ4v) is 1.17. The predicted octanol–water partition coefficient (Wildman–Crippen LogP) is 2.33. The number of hydrogen-bond donors (Lipinski definition) is 1. The Balaban J connectivity index is 2.66. The van der Waals surface area contributed by atoms with E-state index in [1.54, 1.807) is 7.11 Å². The molecule has 0 saturated carbocycles. The topological polar surface area (TPSA) is 47.0 Å². The van der Waals surface area contributed by atoms with Gasteiger partial charge in [-0.25, -0.2) is 9.97 Å². The molecule has 1 aromatic heterocycles. The van der Waals surface area contributed by atoms with E-state index in [2.05, 4.69) is 15.3 Å². The van der Waals surface area contributed by atoms with Crippen LogP contribution < -0.4 is 5.32 Å². The molecular formula is C10H14F3N3O. The van der Waals surface area contributed by atoms with Crippen molar-refractivity contribution in [1.29, 1.82) is 0 Å². The van der Waals surface area contributed by atoms with Gasteiger partial charge in [0.15, 0.2) is 0 Å². The van der Waals surface area contributed by atoms with Crippen LogP contribution in [0.2, 0.25) is 0 Å². The molecule has 0 aliphatic heterocycles. The Hall–Kier alpha value is -1.37. The Morgan fingerprint density at radius 1 is 1.47 bits per heavy atom. The largest absolute Gasteiger partial charge is 0.433 e. The van der Waals surface area contributed by atoms with Crippen LogP contribution in [0.4, 0.5) is 19.1 Å². The van der Waals surface area contributed by atoms with E-state index in [9.17, 15) is 13.2 Å². The molecule has 0 saturated heterocycles. The number of halogens is 3. The van der Waals surface area contributed by atoms with Gasteiger partial charge in [-0.1, -0.05) is 0 Å². The Morgan fingerprint density at radius 3 is 2.76 bits per heavy atom. The summed E-state index contributed by atoms with van der Waals surface area (Å²) in [5.41, 5.74) is -0.950. The highest BCUT2D eigenvalue weighted by molar-refractivity contribution is 5.27. The van der Waals surface area contributed by atoms with Crippen molar-refractivity contribution in [3.63, 3.8) is 0 Å². The standard InChI is InChI=1S/C10H14F3N3O/c1-7(4-6-17-2)15-9-14-5-3-8(16-9)10(11,12)13/h3,5,7H,4,6H2,1-2H3,(H,14,15,16). The lowest BCUT2D eigenvalue weighted by Crippen LogP contribution is -2.20. The van der Waals surface area contributed by atoms with Crippen molar-refractivity contribution in [2.45, 2.75) is 25.6 Å². The minimum absolute atomic E-state index is 0.0246. The summed E-state index contributed by atoms with van der Waals surface area (Å²) in [6.45, 7) is 2.34. The van der Waals surface area contributed by atoms with E-state index in [1.165, 1.54) is 0 Å². The summed E-state index contributed by atoms with van der Waals surface area (Å²) in [7, 11) is 1.56. The molecule has 0 aliphatic rings. The molecule has 0 aromatic carbocycles. The van der Waals surface area contributed by atoms with Crippen molar-refractivity contribution < 1.29 is 17.9 Å². The average molecular weight is 249 g/mol. The predicted molar refractivity (Wildman–Crippen MR) is 56.6 cm³/mol. The number of aromatic nitrogens is 2. The van der Waals surface area contributed by atoms with Crippen LogP contribution in [0.25, 0.3) is 0 Å². The van der Waals surface area contributed by atoms with Crippen molar-refractivity contribution in [3.05, 3.63) is 18.0 Å². The third-order valence-electron chi connectivity index (χ3n) is 2.08. The fraction of sp³-hybridized carbons (Fsp3) is 0.600. The number of rotatable bonds is 5. The molecule has 1 unspecified atom stereocenters. The molecule has 0 aliphatic carbocycles. The number of alkyl halides is 3. The zero-order valence-corrected chi connectivity index (χ0v) is 9.58. The van der Waals surface area contributed by atoms with Gasteiger partial charge in [0.2, 0.25) is 5.95 Å². The molecular weight excluding hydrogens is 235 g/mol. The molecule has 17 heavy (non-hydrogen) atoms. The minimum atomic E-state index is -4.45. The first-order chi connectivity index (χ1) is 7.93. The quantitative estimate of drug-likeness (QED) is 0.870. The Kier molecular flexibility index (Phi) is 4.68. The summed E-state index contributed by atoms with van der Waals surface area (Å²) < 4.78 is 42.0. The van der Waals surface area contributed by atoms with Crippen LogP contribution in [0.3, 0.4) is 0 Å². The van der Waals surface area contributed by atoms with Crippen molar-refractivity contribution in [1.82, 2.24) is 9.97 Å². The van der Waals surface area contributed by atoms with Crippen LogP contribution in [-0.4, -0.2) is 29.7 Å². The number of anilines is 1. The molecule has 1 rings (SSSR count). The van der Waals surface area contributed by atoms with Crippen molar-refractivity contribution >= 4 is 5.95 Å². The molecule has 1 atom stereocenters. The molecule has 1 N–H and O–H groups in total. The SMILES string of the molecule is COCCC(C)Nc1nccc(C(F)(F)F)n1. The van der Waals surface area contributed by atoms with Gasteiger partial charge in [-0.3, -0.25) is 0 Å². The maximum atomic E-state index is 12.4. The molecule has 0 amide bonds. The van der Waals surface area contributed by atoms with Gasteiger partial charge in [0, 0.05) is 26.0 Å². The lowest BCUT2D eigenvalue weighted by atomic mass is 10.2. The first kappa shape index (κ1) is 13.7. The highest BCUT2D eigenvalue weighted by Crippen LogP contribution is 2.27. The van der Waals surface area contributed by atoms with Gasteiger partial charge >= 0.3 is 6.18 Å². The monoisotopic (exact) mass is 249 g/mol. The second-order valence-corrected chi connectivity index (χ2v) is 3.59. The van der Waals surface area contributed by atoms with Gasteiger partial charge in [-0.15, -0.1) is 0 Å². The summed E-state index contributed by atoms with van der Waals surface area (Å²) in [6, 6.07) is 0.781. The van der Waals surface area contributed by atoms with Crippen LogP contribution in [0.1, 0.15) is 19.0 Å². The van der Waals surface area contributed by atoms with Crippen LogP contribution in [0.5, 0.6) is 0 Å². The van der Waals surface area contributed by atoms with Crippen molar-refractivity contribution in [3.8, 4) is 0 Å². The van der Waals surface area contributed by atoms with Crippen LogP contribution in [0.15, 0.2) is 12.3 Å². The highest BCUT2D eigenvalue weighted by Gasteiger charge is 2.32. The Bertz CT molecular complexity index is 357. The van der Waals surface area contributed by atoms with Gasteiger partial charge in [-0.2, -0.15) is 13.2 Å². The maximum Gasteiger partial charge on any atom is 0.433 e. The molecule has 7 heteroatoms. The number of nitrogens with one attached hydrogen (secondary N) is 1. The highest BCUT2D eigenvalue weighted by atomic mass is 19.4. The Labute approximate surface area is 97.2 Å². The molecule has 1 heterocycles. The lowest BCUT2D eigenvalue weighted by molar-refractivity contribution is -0.141. The van der Waals surface area contributed by atoms with E-state index in [0.717, 1.165) is 12.3 Å². The van der Waals surface area contributed by atoms with E-state index < -0.39 is 11.9 Å². The van der Waals surface area contributed by atoms with Gasteiger partial charge in [-0.05, 0) is 19.4 Å². The third kappa shape index (κ3) is 4.56. The molecule has 0 radical (unpaired) electrons. The van der Waals surface area contributed by atoms with Gasteiger partial charge < -0.3 is 10.1 Å². The zero-order valence-electron chi connectivity index (χ0n) is 9.58. The van der Waals surface area contributed by atoms with E-state index >= 15 is 0 Å². The van der Waals surface area contributed by atoms with Crippen molar-refractivity contribution in [2.24, 2.45) is 0 Å². The smallest absolute Gasteiger partial charge is 0.385 e. The number of methoxy groups -OCH3 is 1. The maximum absolute atomic E-state index is 12.4. The zero-order chi connectivity index (χ0) is 12.9. The van der Waals surface area contributed by atoms with Gasteiger partial charge in [0.05, 0.1) is 0 Å². The Morgan fingerprint density at radius 2 is 2.18 bits per heavy atom. The minimum Gasteiger partial charge on any atom is -0.385 e. The van der Waals surface area contributed by atoms with Crippen molar-refractivity contribution in [2.75, 3.05) is 19.0 Å². The average Bonchev–Trinajstić information content (AvgIpc) is 2.25. The normalized spacial score (nSPS) is 13.5. The second-order valence-electron chi connectivity index (χ2n) is 3.59. The summed E-state index contributed by atoms with van der Waals surface area (Å²) in [4.78, 5) is 7.14. The van der Waals surface area contributed by atoms with E-state index in [-0.39, 0.29) is 12.0 Å². The van der Waals surface area contributed by atoms with Crippen LogP contribution in [0, 0.1) is 0 Å². The first-order valence-electron chi connectivity index (χ1n) is 5.09. The van der Waals surface area contributed by atoms with Crippen LogP contribution >= 0.6 is 0 Å². The molecule has 4 nitrogen and oxygen atoms in total. The number of ether oxygens (including phenoxy) is 1. The molecule has 0 fully saturated rings. The summed E-state index contributed by atoms with van der Waals surface area (Å²) in [5, 5.41) is 2.79. The molecule has 1 aromatic rings. The third-order valence-corrected chi connectivity index (χ3v) is 2.08. The summed E-state index contributed by atoms with van der Waals surface area (Å²) in [5.74, 6) is -0.0246. The molecule has 0 bridgehead atoms. The van der Waals surface area contributed by atoms with E-state index in [4.69, 9.17) is 4.74 Å². The van der Waals surface area contributed by atoms with Crippen LogP contribution in [-0.2, 0) is 10.9 Å². The summed E-state index contributed by atoms with van der Waals surface area (Å²) in [6.07, 6.45) is -2.70. The van der Waals surface area contributed by atoms with E-state index in [0.29, 0.717) is 13.0 Å². The summed E-state index contributed by atoms with van der Waals surface area (Å²) >= 11 is 0. The first-order valence-corrected chi connectivity index (χ1v) is 5.09. The van der Waals surface area contributed by atoms with Gasteiger partial charge in [0.25, 0.3) is 0 Å². The van der Waals surface area contributed by atoms with Gasteiger partial charge in [0.1, 0.15) is 5.69 Å². The lowest BCUT2D eigenvalue weighted by Gasteiger charge is -2.14. The van der Waals surface area contributed by atoms with E-state index in [1.807, 2.05) is 6.92 Å². The molecule has 0 spiro atoms. The number of nitrogens with zero attached hydrogens (tertiary/aromatic N) is 2. The number of hydrogen-bond acceptors (Lipinski definition) is 4. The second kappa shape index (κ2) is 5.81. The molecule has 96 valence electrons.